The van der Waals surface area contributed by atoms with Crippen LogP contribution < -0.4 is 5.32 Å². The maximum Gasteiger partial charge on any atom is 0.266 e. The predicted octanol–water partition coefficient (Wildman–Crippen LogP) is 5.68. The fourth-order valence-electron chi connectivity index (χ4n) is 3.17. The van der Waals surface area contributed by atoms with Gasteiger partial charge in [0, 0.05) is 18.7 Å². The first kappa shape index (κ1) is 24.6. The van der Waals surface area contributed by atoms with Crippen molar-refractivity contribution in [1.82, 2.24) is 15.1 Å². The van der Waals surface area contributed by atoms with E-state index in [2.05, 4.69) is 40.6 Å². The van der Waals surface area contributed by atoms with Gasteiger partial charge in [-0.3, -0.25) is 14.5 Å². The number of hydrogen-bond donors (Lipinski definition) is 1. The van der Waals surface area contributed by atoms with Gasteiger partial charge in [-0.25, -0.2) is 0 Å². The fraction of sp³-hybridized carbons (Fsp3) is 0.208. The Hall–Kier alpha value is -2.53. The maximum absolute atomic E-state index is 12.8. The maximum atomic E-state index is 12.8. The molecule has 1 aliphatic rings. The van der Waals surface area contributed by atoms with Crippen molar-refractivity contribution in [2.45, 2.75) is 30.4 Å². The van der Waals surface area contributed by atoms with E-state index >= 15 is 0 Å². The number of hydrogen-bond acceptors (Lipinski definition) is 8. The largest absolute Gasteiger partial charge is 0.300 e. The topological polar surface area (TPSA) is 75.2 Å². The summed E-state index contributed by atoms with van der Waals surface area (Å²) in [5, 5.41) is 11.4. The van der Waals surface area contributed by atoms with Crippen LogP contribution in [0.4, 0.5) is 5.13 Å². The number of anilines is 1. The van der Waals surface area contributed by atoms with Crippen LogP contribution in [-0.2, 0) is 15.3 Å². The van der Waals surface area contributed by atoms with E-state index in [-0.39, 0.29) is 24.8 Å². The second-order valence-corrected chi connectivity index (χ2v) is 11.6. The number of thioether (sulfide) groups is 2. The first-order chi connectivity index (χ1) is 16.4. The Kier molecular flexibility index (Phi) is 8.15. The van der Waals surface area contributed by atoms with Crippen molar-refractivity contribution in [3.63, 3.8) is 0 Å². The van der Waals surface area contributed by atoms with Crippen LogP contribution in [0.2, 0.25) is 0 Å². The molecule has 0 aliphatic carbocycles. The number of aromatic nitrogens is 2. The van der Waals surface area contributed by atoms with Gasteiger partial charge in [0.15, 0.2) is 4.34 Å². The summed E-state index contributed by atoms with van der Waals surface area (Å²) in [6.45, 7) is 4.30. The Morgan fingerprint density at radius 1 is 1.15 bits per heavy atom. The van der Waals surface area contributed by atoms with Gasteiger partial charge < -0.3 is 5.32 Å². The molecule has 2 amide bonds. The van der Waals surface area contributed by atoms with Gasteiger partial charge in [-0.15, -0.1) is 10.2 Å². The zero-order valence-corrected chi connectivity index (χ0v) is 21.9. The summed E-state index contributed by atoms with van der Waals surface area (Å²) in [4.78, 5) is 27.2. The second kappa shape index (κ2) is 11.3. The highest BCUT2D eigenvalue weighted by Crippen LogP contribution is 2.33. The minimum Gasteiger partial charge on any atom is -0.300 e. The van der Waals surface area contributed by atoms with Gasteiger partial charge in [0.1, 0.15) is 4.32 Å². The lowest BCUT2D eigenvalue weighted by Crippen LogP contribution is -2.31. The molecule has 0 atom stereocenters. The molecule has 1 aliphatic heterocycles. The normalized spacial score (nSPS) is 14.8. The molecule has 3 aromatic rings. The van der Waals surface area contributed by atoms with Crippen LogP contribution >= 0.6 is 47.1 Å². The number of carbonyl (C=O) groups is 2. The van der Waals surface area contributed by atoms with E-state index in [1.807, 2.05) is 43.3 Å². The molecule has 10 heteroatoms. The zero-order valence-electron chi connectivity index (χ0n) is 18.6. The Labute approximate surface area is 216 Å². The first-order valence-electron chi connectivity index (χ1n) is 10.5. The highest BCUT2D eigenvalue weighted by Gasteiger charge is 2.32. The third kappa shape index (κ3) is 6.53. The van der Waals surface area contributed by atoms with E-state index in [1.54, 1.807) is 11.8 Å². The van der Waals surface area contributed by atoms with E-state index in [1.165, 1.54) is 39.1 Å². The number of carbonyl (C=O) groups excluding carboxylic acids is 2. The minimum atomic E-state index is -0.233. The molecule has 0 bridgehead atoms. The van der Waals surface area contributed by atoms with E-state index in [9.17, 15) is 9.59 Å². The molecule has 2 heterocycles. The molecule has 4 rings (SSSR count). The molecule has 0 saturated carbocycles. The van der Waals surface area contributed by atoms with Crippen LogP contribution in [-0.4, -0.2) is 37.8 Å². The highest BCUT2D eigenvalue weighted by molar-refractivity contribution is 8.26. The smallest absolute Gasteiger partial charge is 0.266 e. The number of benzene rings is 2. The second-order valence-electron chi connectivity index (χ2n) is 7.69. The van der Waals surface area contributed by atoms with Crippen molar-refractivity contribution in [2.75, 3.05) is 11.9 Å². The van der Waals surface area contributed by atoms with Crippen molar-refractivity contribution in [3.05, 3.63) is 75.7 Å². The van der Waals surface area contributed by atoms with Gasteiger partial charge in [0.2, 0.25) is 11.0 Å². The third-order valence-corrected chi connectivity index (χ3v) is 8.33. The van der Waals surface area contributed by atoms with Crippen molar-refractivity contribution in [1.29, 1.82) is 0 Å². The molecule has 174 valence electrons. The summed E-state index contributed by atoms with van der Waals surface area (Å²) < 4.78 is 1.25. The molecule has 6 nitrogen and oxygen atoms in total. The SMILES string of the molecule is Cc1ccc(/C=C2\SC(=S)N(CCC(=O)Nc3nnc(SCc4cccc(C)c4)s3)C2=O)cc1. The van der Waals surface area contributed by atoms with Gasteiger partial charge in [-0.05, 0) is 31.1 Å². The molecular formula is C24H22N4O2S4. The van der Waals surface area contributed by atoms with Crippen molar-refractivity contribution in [3.8, 4) is 0 Å². The van der Waals surface area contributed by atoms with Gasteiger partial charge in [0.25, 0.3) is 5.91 Å². The predicted molar refractivity (Wildman–Crippen MR) is 145 cm³/mol. The molecule has 1 fully saturated rings. The van der Waals surface area contributed by atoms with E-state index < -0.39 is 0 Å². The minimum absolute atomic E-state index is 0.121. The van der Waals surface area contributed by atoms with E-state index in [0.717, 1.165) is 21.2 Å². The van der Waals surface area contributed by atoms with Crippen molar-refractivity contribution < 1.29 is 9.59 Å². The lowest BCUT2D eigenvalue weighted by Gasteiger charge is -2.13. The lowest BCUT2D eigenvalue weighted by molar-refractivity contribution is -0.122. The van der Waals surface area contributed by atoms with Gasteiger partial charge in [-0.2, -0.15) is 0 Å². The van der Waals surface area contributed by atoms with Crippen LogP contribution in [0.25, 0.3) is 6.08 Å². The van der Waals surface area contributed by atoms with Crippen molar-refractivity contribution >= 4 is 74.4 Å². The quantitative estimate of drug-likeness (QED) is 0.175. The molecular weight excluding hydrogens is 505 g/mol. The average molecular weight is 527 g/mol. The summed E-state index contributed by atoms with van der Waals surface area (Å²) in [7, 11) is 0. The van der Waals surface area contributed by atoms with Gasteiger partial charge in [-0.1, -0.05) is 107 Å². The third-order valence-electron chi connectivity index (χ3n) is 4.91. The van der Waals surface area contributed by atoms with E-state index in [4.69, 9.17) is 12.2 Å². The number of aryl methyl sites for hydroxylation is 2. The van der Waals surface area contributed by atoms with Crippen LogP contribution in [0.5, 0.6) is 0 Å². The summed E-state index contributed by atoms with van der Waals surface area (Å²) in [6, 6.07) is 16.2. The number of rotatable bonds is 8. The molecule has 2 aromatic carbocycles. The summed E-state index contributed by atoms with van der Waals surface area (Å²) >= 11 is 9.54. The zero-order chi connectivity index (χ0) is 24.1. The summed E-state index contributed by atoms with van der Waals surface area (Å²) in [5.74, 6) is 0.381. The molecule has 34 heavy (non-hydrogen) atoms. The summed E-state index contributed by atoms with van der Waals surface area (Å²) in [6.07, 6.45) is 1.95. The van der Waals surface area contributed by atoms with Gasteiger partial charge >= 0.3 is 0 Å². The molecule has 1 aromatic heterocycles. The van der Waals surface area contributed by atoms with Crippen molar-refractivity contribution in [2.24, 2.45) is 0 Å². The Bertz CT molecular complexity index is 1250. The van der Waals surface area contributed by atoms with Gasteiger partial charge in [0.05, 0.1) is 4.91 Å². The molecule has 0 radical (unpaired) electrons. The number of amides is 2. The first-order valence-corrected chi connectivity index (χ1v) is 13.5. The van der Waals surface area contributed by atoms with E-state index in [0.29, 0.717) is 14.4 Å². The average Bonchev–Trinajstić information content (AvgIpc) is 3.36. The molecule has 0 unspecified atom stereocenters. The number of nitrogens with zero attached hydrogens (tertiary/aromatic N) is 3. The number of thiocarbonyl (C=S) groups is 1. The standard InChI is InChI=1S/C24H22N4O2S4/c1-15-6-8-17(9-7-15)13-19-21(30)28(24(31)33-19)11-10-20(29)25-22-26-27-23(34-22)32-14-18-5-3-4-16(2)12-18/h3-9,12-13H,10-11,14H2,1-2H3,(H,25,26,29)/b19-13-. The van der Waals surface area contributed by atoms with Crippen LogP contribution in [0.1, 0.15) is 28.7 Å². The Balaban J connectivity index is 1.27. The van der Waals surface area contributed by atoms with Crippen LogP contribution in [0, 0.1) is 13.8 Å². The monoisotopic (exact) mass is 526 g/mol. The lowest BCUT2D eigenvalue weighted by atomic mass is 10.1. The summed E-state index contributed by atoms with van der Waals surface area (Å²) in [5.41, 5.74) is 4.53. The Morgan fingerprint density at radius 3 is 2.71 bits per heavy atom. The van der Waals surface area contributed by atoms with Crippen LogP contribution in [0.15, 0.2) is 57.8 Å². The number of nitrogens with one attached hydrogen (secondary N) is 1. The Morgan fingerprint density at radius 2 is 1.94 bits per heavy atom. The molecule has 1 saturated heterocycles. The van der Waals surface area contributed by atoms with Crippen LogP contribution in [0.3, 0.4) is 0 Å². The highest BCUT2D eigenvalue weighted by atomic mass is 32.2. The molecule has 1 N–H and O–H groups in total. The fourth-order valence-corrected chi connectivity index (χ4v) is 6.19. The molecule has 0 spiro atoms.